The first-order valence-electron chi connectivity index (χ1n) is 7.33. The van der Waals surface area contributed by atoms with Crippen LogP contribution in [0.4, 0.5) is 0 Å². The summed E-state index contributed by atoms with van der Waals surface area (Å²) in [5.74, 6) is 1.92. The maximum Gasteiger partial charge on any atom is 0.211 e. The SMILES string of the molecule is O=S(=O)(CCC1CC1)N[C@H]1CCN(CC2CC2)C1. The van der Waals surface area contributed by atoms with Gasteiger partial charge in [-0.2, -0.15) is 0 Å². The number of hydrogen-bond acceptors (Lipinski definition) is 3. The van der Waals surface area contributed by atoms with Crippen LogP contribution in [0.5, 0.6) is 0 Å². The molecule has 4 nitrogen and oxygen atoms in total. The van der Waals surface area contributed by atoms with Gasteiger partial charge in [0.25, 0.3) is 0 Å². The molecule has 18 heavy (non-hydrogen) atoms. The van der Waals surface area contributed by atoms with Crippen LogP contribution in [-0.4, -0.2) is 44.7 Å². The second-order valence-corrected chi connectivity index (χ2v) is 8.23. The van der Waals surface area contributed by atoms with Gasteiger partial charge in [-0.15, -0.1) is 0 Å². The second kappa shape index (κ2) is 5.10. The highest BCUT2D eigenvalue weighted by atomic mass is 32.2. The Labute approximate surface area is 110 Å². The van der Waals surface area contributed by atoms with Crippen molar-refractivity contribution in [2.45, 2.75) is 44.6 Å². The fourth-order valence-corrected chi connectivity index (χ4v) is 4.26. The van der Waals surface area contributed by atoms with E-state index >= 15 is 0 Å². The van der Waals surface area contributed by atoms with Crippen molar-refractivity contribution in [1.29, 1.82) is 0 Å². The highest BCUT2D eigenvalue weighted by Crippen LogP contribution is 2.33. The Balaban J connectivity index is 1.41. The number of rotatable bonds is 7. The van der Waals surface area contributed by atoms with E-state index in [0.717, 1.165) is 31.8 Å². The van der Waals surface area contributed by atoms with E-state index in [2.05, 4.69) is 9.62 Å². The van der Waals surface area contributed by atoms with Crippen molar-refractivity contribution >= 4 is 10.0 Å². The standard InChI is InChI=1S/C13H24N2O2S/c16-18(17,8-6-11-1-2-11)14-13-5-7-15(10-13)9-12-3-4-12/h11-14H,1-10H2/t13-/m0/s1. The molecule has 104 valence electrons. The summed E-state index contributed by atoms with van der Waals surface area (Å²) in [5.41, 5.74) is 0. The summed E-state index contributed by atoms with van der Waals surface area (Å²) >= 11 is 0. The minimum Gasteiger partial charge on any atom is -0.301 e. The molecule has 0 aromatic carbocycles. The van der Waals surface area contributed by atoms with Crippen LogP contribution in [0.1, 0.15) is 38.5 Å². The third-order valence-electron chi connectivity index (χ3n) is 4.32. The summed E-state index contributed by atoms with van der Waals surface area (Å²) in [6.45, 7) is 3.16. The molecule has 1 atom stereocenters. The number of nitrogens with zero attached hydrogens (tertiary/aromatic N) is 1. The Hall–Kier alpha value is -0.130. The molecule has 0 spiro atoms. The molecule has 5 heteroatoms. The van der Waals surface area contributed by atoms with Crippen molar-refractivity contribution in [3.8, 4) is 0 Å². The van der Waals surface area contributed by atoms with Crippen molar-refractivity contribution in [3.63, 3.8) is 0 Å². The Kier molecular flexibility index (Phi) is 3.65. The number of sulfonamides is 1. The van der Waals surface area contributed by atoms with Gasteiger partial charge in [-0.05, 0) is 44.1 Å². The van der Waals surface area contributed by atoms with Gasteiger partial charge in [0.15, 0.2) is 0 Å². The quantitative estimate of drug-likeness (QED) is 0.757. The Bertz CT molecular complexity index is 388. The first-order valence-corrected chi connectivity index (χ1v) is 8.98. The van der Waals surface area contributed by atoms with Gasteiger partial charge in [0.05, 0.1) is 5.75 Å². The van der Waals surface area contributed by atoms with Gasteiger partial charge in [0.1, 0.15) is 0 Å². The van der Waals surface area contributed by atoms with Crippen molar-refractivity contribution in [2.75, 3.05) is 25.4 Å². The molecule has 2 aliphatic carbocycles. The zero-order chi connectivity index (χ0) is 12.6. The van der Waals surface area contributed by atoms with Gasteiger partial charge < -0.3 is 4.90 Å². The van der Waals surface area contributed by atoms with Crippen molar-refractivity contribution in [2.24, 2.45) is 11.8 Å². The van der Waals surface area contributed by atoms with Gasteiger partial charge in [0.2, 0.25) is 10.0 Å². The van der Waals surface area contributed by atoms with E-state index in [1.165, 1.54) is 32.2 Å². The lowest BCUT2D eigenvalue weighted by Crippen LogP contribution is -2.38. The molecule has 1 heterocycles. The molecule has 1 N–H and O–H groups in total. The molecule has 0 unspecified atom stereocenters. The average molecular weight is 272 g/mol. The molecular formula is C13H24N2O2S. The molecule has 0 amide bonds. The number of nitrogens with one attached hydrogen (secondary N) is 1. The Morgan fingerprint density at radius 3 is 2.44 bits per heavy atom. The zero-order valence-corrected chi connectivity index (χ0v) is 11.8. The molecule has 3 rings (SSSR count). The lowest BCUT2D eigenvalue weighted by atomic mass is 10.3. The van der Waals surface area contributed by atoms with Crippen molar-refractivity contribution < 1.29 is 8.42 Å². The van der Waals surface area contributed by atoms with E-state index in [1.807, 2.05) is 0 Å². The maximum absolute atomic E-state index is 11.9. The lowest BCUT2D eigenvalue weighted by Gasteiger charge is -2.16. The van der Waals surface area contributed by atoms with Gasteiger partial charge >= 0.3 is 0 Å². The van der Waals surface area contributed by atoms with E-state index in [-0.39, 0.29) is 6.04 Å². The van der Waals surface area contributed by atoms with E-state index in [4.69, 9.17) is 0 Å². The number of likely N-dealkylation sites (tertiary alicyclic amines) is 1. The van der Waals surface area contributed by atoms with E-state index < -0.39 is 10.0 Å². The zero-order valence-electron chi connectivity index (χ0n) is 11.0. The van der Waals surface area contributed by atoms with Crippen LogP contribution >= 0.6 is 0 Å². The highest BCUT2D eigenvalue weighted by Gasteiger charge is 2.31. The summed E-state index contributed by atoms with van der Waals surface area (Å²) in [5, 5.41) is 0. The molecule has 3 aliphatic rings. The topological polar surface area (TPSA) is 49.4 Å². The van der Waals surface area contributed by atoms with E-state index in [0.29, 0.717) is 11.7 Å². The molecule has 0 radical (unpaired) electrons. The predicted octanol–water partition coefficient (Wildman–Crippen LogP) is 1.19. The van der Waals surface area contributed by atoms with Crippen LogP contribution in [0.3, 0.4) is 0 Å². The van der Waals surface area contributed by atoms with Crippen LogP contribution < -0.4 is 4.72 Å². The maximum atomic E-state index is 11.9. The summed E-state index contributed by atoms with van der Waals surface area (Å²) in [7, 11) is -3.03. The molecular weight excluding hydrogens is 248 g/mol. The highest BCUT2D eigenvalue weighted by molar-refractivity contribution is 7.89. The van der Waals surface area contributed by atoms with Crippen LogP contribution in [0.25, 0.3) is 0 Å². The summed E-state index contributed by atoms with van der Waals surface area (Å²) < 4.78 is 26.8. The third kappa shape index (κ3) is 3.93. The molecule has 0 bridgehead atoms. The third-order valence-corrected chi connectivity index (χ3v) is 5.79. The molecule has 0 aromatic rings. The Morgan fingerprint density at radius 2 is 1.78 bits per heavy atom. The lowest BCUT2D eigenvalue weighted by molar-refractivity contribution is 0.318. The summed E-state index contributed by atoms with van der Waals surface area (Å²) in [4.78, 5) is 2.42. The fourth-order valence-electron chi connectivity index (χ4n) is 2.80. The largest absolute Gasteiger partial charge is 0.301 e. The molecule has 1 saturated heterocycles. The first kappa shape index (κ1) is 12.9. The van der Waals surface area contributed by atoms with Crippen LogP contribution in [0.2, 0.25) is 0 Å². The molecule has 2 saturated carbocycles. The minimum atomic E-state index is -3.03. The predicted molar refractivity (Wildman–Crippen MR) is 71.8 cm³/mol. The van der Waals surface area contributed by atoms with Crippen LogP contribution in [0.15, 0.2) is 0 Å². The minimum absolute atomic E-state index is 0.160. The molecule has 0 aromatic heterocycles. The van der Waals surface area contributed by atoms with Gasteiger partial charge in [-0.1, -0.05) is 12.8 Å². The summed E-state index contributed by atoms with van der Waals surface area (Å²) in [6, 6.07) is 0.160. The van der Waals surface area contributed by atoms with Gasteiger partial charge in [-0.25, -0.2) is 13.1 Å². The van der Waals surface area contributed by atoms with Gasteiger partial charge in [0, 0.05) is 19.1 Å². The fraction of sp³-hybridized carbons (Fsp3) is 1.00. The average Bonchev–Trinajstić information content (AvgIpc) is 3.19. The van der Waals surface area contributed by atoms with E-state index in [1.54, 1.807) is 0 Å². The smallest absolute Gasteiger partial charge is 0.211 e. The monoisotopic (exact) mass is 272 g/mol. The molecule has 3 fully saturated rings. The van der Waals surface area contributed by atoms with Crippen molar-refractivity contribution in [3.05, 3.63) is 0 Å². The van der Waals surface area contributed by atoms with E-state index in [9.17, 15) is 8.42 Å². The van der Waals surface area contributed by atoms with Crippen LogP contribution in [0, 0.1) is 11.8 Å². The second-order valence-electron chi connectivity index (χ2n) is 6.36. The normalized spacial score (nSPS) is 29.9. The first-order chi connectivity index (χ1) is 8.61. The van der Waals surface area contributed by atoms with Crippen LogP contribution in [-0.2, 0) is 10.0 Å². The summed E-state index contributed by atoms with van der Waals surface area (Å²) in [6.07, 6.45) is 7.04. The number of hydrogen-bond donors (Lipinski definition) is 1. The Morgan fingerprint density at radius 1 is 1.06 bits per heavy atom. The van der Waals surface area contributed by atoms with Crippen molar-refractivity contribution in [1.82, 2.24) is 9.62 Å². The van der Waals surface area contributed by atoms with Gasteiger partial charge in [-0.3, -0.25) is 0 Å². The molecule has 1 aliphatic heterocycles.